The first-order valence-electron chi connectivity index (χ1n) is 8.62. The summed E-state index contributed by atoms with van der Waals surface area (Å²) in [6, 6.07) is 5.01. The van der Waals surface area contributed by atoms with E-state index in [4.69, 9.17) is 4.74 Å². The summed E-state index contributed by atoms with van der Waals surface area (Å²) >= 11 is 1.30. The van der Waals surface area contributed by atoms with Gasteiger partial charge in [0.1, 0.15) is 11.2 Å². The highest BCUT2D eigenvalue weighted by atomic mass is 32.2. The zero-order chi connectivity index (χ0) is 19.6. The van der Waals surface area contributed by atoms with Crippen molar-refractivity contribution in [3.05, 3.63) is 46.8 Å². The highest BCUT2D eigenvalue weighted by Gasteiger charge is 2.43. The van der Waals surface area contributed by atoms with E-state index in [9.17, 15) is 23.9 Å². The second-order valence-corrected chi connectivity index (χ2v) is 7.40. The van der Waals surface area contributed by atoms with E-state index in [1.807, 2.05) is 0 Å². The molecule has 2 unspecified atom stereocenters. The molecule has 27 heavy (non-hydrogen) atoms. The van der Waals surface area contributed by atoms with Crippen molar-refractivity contribution >= 4 is 29.4 Å². The molecule has 1 aromatic rings. The zero-order valence-corrected chi connectivity index (χ0v) is 15.6. The second-order valence-electron chi connectivity index (χ2n) is 6.48. The molecule has 2 aliphatic heterocycles. The quantitative estimate of drug-likeness (QED) is 0.717. The van der Waals surface area contributed by atoms with Crippen LogP contribution in [-0.4, -0.2) is 58.6 Å². The monoisotopic (exact) mass is 393 g/mol. The molecule has 0 bridgehead atoms. The van der Waals surface area contributed by atoms with E-state index in [1.54, 1.807) is 6.26 Å². The Balaban J connectivity index is 1.97. The molecule has 1 fully saturated rings. The van der Waals surface area contributed by atoms with Crippen LogP contribution in [0.2, 0.25) is 0 Å². The molecule has 0 saturated carbocycles. The van der Waals surface area contributed by atoms with Gasteiger partial charge in [0.25, 0.3) is 5.91 Å². The number of aliphatic carboxylic acids is 1. The summed E-state index contributed by atoms with van der Waals surface area (Å²) in [5.41, 5.74) is 0.383. The number of ketones is 1. The Bertz CT molecular complexity index is 786. The van der Waals surface area contributed by atoms with Crippen molar-refractivity contribution in [2.45, 2.75) is 30.7 Å². The van der Waals surface area contributed by atoms with E-state index >= 15 is 0 Å². The molecular formula is C19H20FNO5S. The van der Waals surface area contributed by atoms with Crippen molar-refractivity contribution in [3.8, 4) is 0 Å². The van der Waals surface area contributed by atoms with Gasteiger partial charge in [0, 0.05) is 29.9 Å². The Morgan fingerprint density at radius 3 is 2.59 bits per heavy atom. The molecule has 1 N–H and O–H groups in total. The van der Waals surface area contributed by atoms with Gasteiger partial charge in [0.05, 0.1) is 12.5 Å². The predicted molar refractivity (Wildman–Crippen MR) is 98.0 cm³/mol. The first kappa shape index (κ1) is 19.6. The van der Waals surface area contributed by atoms with E-state index in [2.05, 4.69) is 0 Å². The largest absolute Gasteiger partial charge is 0.481 e. The van der Waals surface area contributed by atoms with Crippen LogP contribution in [0.3, 0.4) is 0 Å². The van der Waals surface area contributed by atoms with Gasteiger partial charge < -0.3 is 14.7 Å². The summed E-state index contributed by atoms with van der Waals surface area (Å²) in [4.78, 5) is 38.8. The number of nitrogens with zero attached hydrogens (tertiary/aromatic N) is 1. The lowest BCUT2D eigenvalue weighted by Gasteiger charge is -2.27. The number of hydrogen-bond acceptors (Lipinski definition) is 5. The number of carbonyl (C=O) groups is 3. The third kappa shape index (κ3) is 4.06. The van der Waals surface area contributed by atoms with Gasteiger partial charge in [-0.3, -0.25) is 14.4 Å². The molecule has 2 atom stereocenters. The van der Waals surface area contributed by atoms with Crippen molar-refractivity contribution in [2.75, 3.05) is 19.4 Å². The van der Waals surface area contributed by atoms with Crippen LogP contribution < -0.4 is 0 Å². The predicted octanol–water partition coefficient (Wildman–Crippen LogP) is 2.49. The Kier molecular flexibility index (Phi) is 5.96. The van der Waals surface area contributed by atoms with Crippen LogP contribution in [0.15, 0.2) is 35.4 Å². The Morgan fingerprint density at radius 1 is 1.33 bits per heavy atom. The van der Waals surface area contributed by atoms with Gasteiger partial charge in [-0.15, -0.1) is 11.8 Å². The number of benzene rings is 1. The van der Waals surface area contributed by atoms with Crippen LogP contribution in [0.4, 0.5) is 4.39 Å². The molecule has 6 nitrogen and oxygen atoms in total. The highest BCUT2D eigenvalue weighted by molar-refractivity contribution is 7.99. The number of amides is 1. The highest BCUT2D eigenvalue weighted by Crippen LogP contribution is 2.36. The average Bonchev–Trinajstić information content (AvgIpc) is 3.23. The van der Waals surface area contributed by atoms with Crippen molar-refractivity contribution in [3.63, 3.8) is 0 Å². The molecule has 2 heterocycles. The minimum Gasteiger partial charge on any atom is -0.481 e. The molecule has 1 amide bonds. The maximum atomic E-state index is 13.2. The zero-order valence-electron chi connectivity index (χ0n) is 14.8. The lowest BCUT2D eigenvalue weighted by molar-refractivity contribution is -0.137. The summed E-state index contributed by atoms with van der Waals surface area (Å²) in [5, 5.41) is 8.64. The molecule has 8 heteroatoms. The topological polar surface area (TPSA) is 83.9 Å². The summed E-state index contributed by atoms with van der Waals surface area (Å²) in [5.74, 6) is -2.55. The summed E-state index contributed by atoms with van der Waals surface area (Å²) < 4.78 is 18.8. The van der Waals surface area contributed by atoms with Crippen molar-refractivity contribution in [2.24, 2.45) is 0 Å². The summed E-state index contributed by atoms with van der Waals surface area (Å²) in [7, 11) is 0. The first-order chi connectivity index (χ1) is 12.9. The number of carboxylic acid groups (broad SMARTS) is 1. The third-order valence-electron chi connectivity index (χ3n) is 4.70. The second kappa shape index (κ2) is 8.22. The van der Waals surface area contributed by atoms with E-state index in [-0.39, 0.29) is 22.8 Å². The number of carboxylic acids is 1. The summed E-state index contributed by atoms with van der Waals surface area (Å²) in [6.07, 6.45) is 2.85. The molecule has 1 aromatic carbocycles. The van der Waals surface area contributed by atoms with Crippen LogP contribution in [0.1, 0.15) is 29.6 Å². The number of thioether (sulfide) groups is 1. The molecular weight excluding hydrogens is 373 g/mol. The summed E-state index contributed by atoms with van der Waals surface area (Å²) in [6.45, 7) is 0.946. The van der Waals surface area contributed by atoms with Gasteiger partial charge in [-0.25, -0.2) is 4.39 Å². The molecule has 1 saturated heterocycles. The van der Waals surface area contributed by atoms with Crippen LogP contribution >= 0.6 is 11.8 Å². The van der Waals surface area contributed by atoms with Crippen molar-refractivity contribution in [1.82, 2.24) is 4.90 Å². The minimum absolute atomic E-state index is 0.00540. The van der Waals surface area contributed by atoms with Gasteiger partial charge >= 0.3 is 5.97 Å². The SMILES string of the molecule is CSC1C(C(=O)c2ccc(F)cc2)=C(CC(=O)O)C(=O)N1CC1CCCO1. The van der Waals surface area contributed by atoms with Crippen molar-refractivity contribution < 1.29 is 28.6 Å². The van der Waals surface area contributed by atoms with E-state index in [1.165, 1.54) is 40.9 Å². The van der Waals surface area contributed by atoms with Gasteiger partial charge in [-0.05, 0) is 43.4 Å². The Morgan fingerprint density at radius 2 is 2.04 bits per heavy atom. The Hall–Kier alpha value is -2.19. The maximum Gasteiger partial charge on any atom is 0.308 e. The lowest BCUT2D eigenvalue weighted by Crippen LogP contribution is -2.40. The molecule has 144 valence electrons. The fraction of sp³-hybridized carbons (Fsp3) is 0.421. The smallest absolute Gasteiger partial charge is 0.308 e. The number of carbonyl (C=O) groups excluding carboxylic acids is 2. The minimum atomic E-state index is -1.18. The number of Topliss-reactive ketones (excluding diaryl/α,β-unsaturated/α-hetero) is 1. The van der Waals surface area contributed by atoms with Crippen molar-refractivity contribution in [1.29, 1.82) is 0 Å². The molecule has 0 aromatic heterocycles. The number of rotatable bonds is 7. The van der Waals surface area contributed by atoms with Gasteiger partial charge in [-0.1, -0.05) is 0 Å². The fourth-order valence-electron chi connectivity index (χ4n) is 3.46. The Labute approximate surface area is 160 Å². The molecule has 0 spiro atoms. The molecule has 3 rings (SSSR count). The normalized spacial score (nSPS) is 22.6. The third-order valence-corrected chi connectivity index (χ3v) is 5.64. The van der Waals surface area contributed by atoms with Crippen LogP contribution in [-0.2, 0) is 14.3 Å². The maximum absolute atomic E-state index is 13.2. The standard InChI is InChI=1S/C19H20FNO5S/c1-27-19-16(17(24)11-4-6-12(20)7-5-11)14(9-15(22)23)18(25)21(19)10-13-3-2-8-26-13/h4-7,13,19H,2-3,8-10H2,1H3,(H,22,23). The average molecular weight is 393 g/mol. The van der Waals surface area contributed by atoms with E-state index in [0.717, 1.165) is 12.8 Å². The molecule has 0 radical (unpaired) electrons. The van der Waals surface area contributed by atoms with Gasteiger partial charge in [0.2, 0.25) is 0 Å². The lowest BCUT2D eigenvalue weighted by atomic mass is 9.98. The molecule has 2 aliphatic rings. The fourth-order valence-corrected chi connectivity index (χ4v) is 4.38. The first-order valence-corrected chi connectivity index (χ1v) is 9.91. The van der Waals surface area contributed by atoms with Crippen LogP contribution in [0, 0.1) is 5.82 Å². The van der Waals surface area contributed by atoms with Gasteiger partial charge in [-0.2, -0.15) is 0 Å². The number of ether oxygens (including phenoxy) is 1. The van der Waals surface area contributed by atoms with Crippen LogP contribution in [0.5, 0.6) is 0 Å². The van der Waals surface area contributed by atoms with Crippen LogP contribution in [0.25, 0.3) is 0 Å². The van der Waals surface area contributed by atoms with Gasteiger partial charge in [0.15, 0.2) is 5.78 Å². The van der Waals surface area contributed by atoms with E-state index < -0.39 is 35.3 Å². The molecule has 0 aliphatic carbocycles. The number of hydrogen-bond donors (Lipinski definition) is 1. The van der Waals surface area contributed by atoms with E-state index in [0.29, 0.717) is 13.2 Å². The number of halogens is 1.